The Hall–Kier alpha value is -2.16. The molecule has 3 heterocycles. The second-order valence-corrected chi connectivity index (χ2v) is 6.13. The Bertz CT molecular complexity index is 711. The molecule has 3 rings (SSSR count). The molecule has 1 amide bonds. The number of thiazole rings is 1. The van der Waals surface area contributed by atoms with Crippen molar-refractivity contribution in [1.82, 2.24) is 15.0 Å². The summed E-state index contributed by atoms with van der Waals surface area (Å²) in [5.41, 5.74) is -1.83. The molecule has 1 aliphatic rings. The minimum atomic E-state index is -2.10. The lowest BCUT2D eigenvalue weighted by Crippen LogP contribution is -2.41. The van der Waals surface area contributed by atoms with Crippen LogP contribution in [0.4, 0.5) is 19.7 Å². The minimum absolute atomic E-state index is 0.0326. The Balaban J connectivity index is 1.76. The number of carbonyl (C=O) groups is 1. The molecule has 122 valence electrons. The van der Waals surface area contributed by atoms with Gasteiger partial charge in [-0.2, -0.15) is 0 Å². The summed E-state index contributed by atoms with van der Waals surface area (Å²) in [5, 5.41) is 4.48. The van der Waals surface area contributed by atoms with E-state index < -0.39 is 17.4 Å². The number of aryl methyl sites for hydroxylation is 1. The fraction of sp³-hybridized carbons (Fsp3) is 0.429. The molecule has 6 nitrogen and oxygen atoms in total. The number of amides is 1. The van der Waals surface area contributed by atoms with Crippen LogP contribution < -0.4 is 10.2 Å². The predicted molar refractivity (Wildman–Crippen MR) is 82.8 cm³/mol. The third-order valence-corrected chi connectivity index (χ3v) is 4.45. The summed E-state index contributed by atoms with van der Waals surface area (Å²) in [6.07, 6.45) is 3.16. The van der Waals surface area contributed by atoms with Gasteiger partial charge >= 0.3 is 0 Å². The third-order valence-electron chi connectivity index (χ3n) is 3.76. The van der Waals surface area contributed by atoms with Crippen molar-refractivity contribution in [3.05, 3.63) is 29.4 Å². The van der Waals surface area contributed by atoms with E-state index in [9.17, 15) is 13.6 Å². The second kappa shape index (κ2) is 6.15. The van der Waals surface area contributed by atoms with Crippen molar-refractivity contribution in [2.75, 3.05) is 23.3 Å². The second-order valence-electron chi connectivity index (χ2n) is 5.24. The zero-order valence-electron chi connectivity index (χ0n) is 12.4. The Kier molecular flexibility index (Phi) is 4.20. The quantitative estimate of drug-likeness (QED) is 0.925. The smallest absolute Gasteiger partial charge is 0.265 e. The average molecular weight is 339 g/mol. The van der Waals surface area contributed by atoms with E-state index in [4.69, 9.17) is 0 Å². The van der Waals surface area contributed by atoms with Gasteiger partial charge in [-0.05, 0) is 6.42 Å². The van der Waals surface area contributed by atoms with Crippen LogP contribution in [0.25, 0.3) is 0 Å². The Labute approximate surface area is 135 Å². The number of rotatable bonds is 4. The zero-order valence-corrected chi connectivity index (χ0v) is 13.2. The van der Waals surface area contributed by atoms with Gasteiger partial charge in [-0.25, -0.2) is 23.7 Å². The summed E-state index contributed by atoms with van der Waals surface area (Å²) in [6.45, 7) is 1.74. The summed E-state index contributed by atoms with van der Waals surface area (Å²) < 4.78 is 29.2. The predicted octanol–water partition coefficient (Wildman–Crippen LogP) is 2.19. The molecule has 0 aromatic carbocycles. The highest BCUT2D eigenvalue weighted by molar-refractivity contribution is 7.13. The van der Waals surface area contributed by atoms with Crippen LogP contribution in [-0.2, 0) is 11.2 Å². The number of nitrogens with zero attached hydrogens (tertiary/aromatic N) is 4. The van der Waals surface area contributed by atoms with Gasteiger partial charge in [0.1, 0.15) is 6.33 Å². The molecule has 0 bridgehead atoms. The number of anilines is 2. The molecule has 0 aliphatic carbocycles. The van der Waals surface area contributed by atoms with E-state index in [-0.39, 0.29) is 31.0 Å². The summed E-state index contributed by atoms with van der Waals surface area (Å²) in [5.74, 6) is -1.28. The maximum Gasteiger partial charge on any atom is 0.265 e. The van der Waals surface area contributed by atoms with E-state index in [1.54, 1.807) is 12.3 Å². The molecule has 0 saturated carbocycles. The first kappa shape index (κ1) is 15.7. The lowest BCUT2D eigenvalue weighted by atomic mass is 10.1. The standard InChI is InChI=1S/C14H15F2N5OS/c1-2-9-10(15)11(19-8-18-9)21-5-3-14(16,7-21)12(22)20-13-17-4-6-23-13/h4,6,8H,2-3,5,7H2,1H3,(H,17,20,22). The summed E-state index contributed by atoms with van der Waals surface area (Å²) in [6, 6.07) is 0. The first-order valence-electron chi connectivity index (χ1n) is 7.17. The number of hydrogen-bond donors (Lipinski definition) is 1. The van der Waals surface area contributed by atoms with Crippen LogP contribution in [-0.4, -0.2) is 39.6 Å². The lowest BCUT2D eigenvalue weighted by Gasteiger charge is -2.21. The van der Waals surface area contributed by atoms with E-state index in [2.05, 4.69) is 20.3 Å². The number of nitrogens with one attached hydrogen (secondary N) is 1. The normalized spacial score (nSPS) is 20.7. The Morgan fingerprint density at radius 3 is 3.00 bits per heavy atom. The average Bonchev–Trinajstić information content (AvgIpc) is 3.18. The topological polar surface area (TPSA) is 71.0 Å². The molecule has 0 spiro atoms. The summed E-state index contributed by atoms with van der Waals surface area (Å²) in [7, 11) is 0. The maximum atomic E-state index is 14.9. The van der Waals surface area contributed by atoms with E-state index >= 15 is 0 Å². The molecule has 2 aromatic rings. The highest BCUT2D eigenvalue weighted by Crippen LogP contribution is 2.32. The number of aromatic nitrogens is 3. The van der Waals surface area contributed by atoms with Crippen molar-refractivity contribution in [2.24, 2.45) is 0 Å². The van der Waals surface area contributed by atoms with Crippen LogP contribution in [0.2, 0.25) is 0 Å². The van der Waals surface area contributed by atoms with E-state index in [1.165, 1.54) is 28.8 Å². The van der Waals surface area contributed by atoms with Crippen LogP contribution in [0.15, 0.2) is 17.9 Å². The van der Waals surface area contributed by atoms with Gasteiger partial charge in [0, 0.05) is 24.5 Å². The van der Waals surface area contributed by atoms with Crippen molar-refractivity contribution in [3.63, 3.8) is 0 Å². The SMILES string of the molecule is CCc1ncnc(N2CCC(F)(C(=O)Nc3nccs3)C2)c1F. The molecule has 1 fully saturated rings. The molecule has 1 atom stereocenters. The number of alkyl halides is 1. The molecule has 0 radical (unpaired) electrons. The van der Waals surface area contributed by atoms with Crippen LogP contribution in [0, 0.1) is 5.82 Å². The molecule has 1 saturated heterocycles. The molecule has 23 heavy (non-hydrogen) atoms. The highest BCUT2D eigenvalue weighted by Gasteiger charge is 2.46. The van der Waals surface area contributed by atoms with Gasteiger partial charge in [0.25, 0.3) is 5.91 Å². The number of halogens is 2. The summed E-state index contributed by atoms with van der Waals surface area (Å²) >= 11 is 1.21. The number of hydrogen-bond acceptors (Lipinski definition) is 6. The Morgan fingerprint density at radius 1 is 1.48 bits per heavy atom. The van der Waals surface area contributed by atoms with E-state index in [1.807, 2.05) is 0 Å². The molecule has 1 unspecified atom stereocenters. The van der Waals surface area contributed by atoms with Gasteiger partial charge in [-0.3, -0.25) is 10.1 Å². The van der Waals surface area contributed by atoms with Crippen LogP contribution >= 0.6 is 11.3 Å². The lowest BCUT2D eigenvalue weighted by molar-refractivity contribution is -0.126. The van der Waals surface area contributed by atoms with Crippen molar-refractivity contribution in [1.29, 1.82) is 0 Å². The molecular weight excluding hydrogens is 324 g/mol. The largest absolute Gasteiger partial charge is 0.350 e. The fourth-order valence-corrected chi connectivity index (χ4v) is 3.02. The number of carbonyl (C=O) groups excluding carboxylic acids is 1. The minimum Gasteiger partial charge on any atom is -0.350 e. The summed E-state index contributed by atoms with van der Waals surface area (Å²) in [4.78, 5) is 25.2. The van der Waals surface area contributed by atoms with E-state index in [0.717, 1.165) is 0 Å². The molecular formula is C14H15F2N5OS. The van der Waals surface area contributed by atoms with Gasteiger partial charge in [0.15, 0.2) is 16.8 Å². The van der Waals surface area contributed by atoms with Gasteiger partial charge in [0.2, 0.25) is 5.67 Å². The molecule has 1 aliphatic heterocycles. The third kappa shape index (κ3) is 3.00. The van der Waals surface area contributed by atoms with Crippen molar-refractivity contribution < 1.29 is 13.6 Å². The van der Waals surface area contributed by atoms with Crippen LogP contribution in [0.5, 0.6) is 0 Å². The fourth-order valence-electron chi connectivity index (χ4n) is 2.50. The molecule has 9 heteroatoms. The monoisotopic (exact) mass is 339 g/mol. The van der Waals surface area contributed by atoms with E-state index in [0.29, 0.717) is 11.6 Å². The first-order chi connectivity index (χ1) is 11.0. The van der Waals surface area contributed by atoms with Crippen molar-refractivity contribution >= 4 is 28.2 Å². The van der Waals surface area contributed by atoms with Gasteiger partial charge < -0.3 is 4.90 Å². The maximum absolute atomic E-state index is 14.9. The van der Waals surface area contributed by atoms with Crippen LogP contribution in [0.1, 0.15) is 19.0 Å². The van der Waals surface area contributed by atoms with Crippen molar-refractivity contribution in [2.45, 2.75) is 25.4 Å². The molecule has 1 N–H and O–H groups in total. The molecule has 2 aromatic heterocycles. The first-order valence-corrected chi connectivity index (χ1v) is 8.05. The van der Waals surface area contributed by atoms with Gasteiger partial charge in [-0.1, -0.05) is 6.92 Å². The Morgan fingerprint density at radius 2 is 2.30 bits per heavy atom. The van der Waals surface area contributed by atoms with Crippen LogP contribution in [0.3, 0.4) is 0 Å². The van der Waals surface area contributed by atoms with Gasteiger partial charge in [0.05, 0.1) is 12.2 Å². The van der Waals surface area contributed by atoms with Gasteiger partial charge in [-0.15, -0.1) is 11.3 Å². The highest BCUT2D eigenvalue weighted by atomic mass is 32.1. The van der Waals surface area contributed by atoms with Crippen molar-refractivity contribution in [3.8, 4) is 0 Å². The zero-order chi connectivity index (χ0) is 16.4.